The molecule has 130 valence electrons. The molecule has 1 aliphatic heterocycles. The summed E-state index contributed by atoms with van der Waals surface area (Å²) in [7, 11) is 2.14. The van der Waals surface area contributed by atoms with Crippen molar-refractivity contribution in [3.63, 3.8) is 0 Å². The van der Waals surface area contributed by atoms with E-state index in [1.54, 1.807) is 0 Å². The van der Waals surface area contributed by atoms with E-state index in [0.717, 1.165) is 59.6 Å². The lowest BCUT2D eigenvalue weighted by Gasteiger charge is -2.32. The Kier molecular flexibility index (Phi) is 4.10. The van der Waals surface area contributed by atoms with Gasteiger partial charge in [0.2, 0.25) is 5.95 Å². The van der Waals surface area contributed by atoms with E-state index in [2.05, 4.69) is 54.7 Å². The van der Waals surface area contributed by atoms with Gasteiger partial charge in [0, 0.05) is 49.0 Å². The number of hydrogen-bond donors (Lipinski definition) is 2. The number of hydrazine groups is 1. The van der Waals surface area contributed by atoms with Gasteiger partial charge in [0.25, 0.3) is 0 Å². The van der Waals surface area contributed by atoms with Crippen molar-refractivity contribution in [3.05, 3.63) is 35.8 Å². The van der Waals surface area contributed by atoms with Gasteiger partial charge in [-0.05, 0) is 38.6 Å². The van der Waals surface area contributed by atoms with Gasteiger partial charge in [-0.1, -0.05) is 6.07 Å². The van der Waals surface area contributed by atoms with Crippen molar-refractivity contribution >= 4 is 16.9 Å². The summed E-state index contributed by atoms with van der Waals surface area (Å²) in [6, 6.07) is 6.27. The molecule has 0 spiro atoms. The zero-order valence-corrected chi connectivity index (χ0v) is 14.9. The van der Waals surface area contributed by atoms with Gasteiger partial charge in [-0.2, -0.15) is 5.10 Å². The number of H-pyrrole nitrogens is 1. The molecule has 0 unspecified atom stereocenters. The largest absolute Gasteiger partial charge is 0.304 e. The average Bonchev–Trinajstić information content (AvgIpc) is 2.95. The molecule has 3 aromatic rings. The van der Waals surface area contributed by atoms with E-state index in [4.69, 9.17) is 0 Å². The quantitative estimate of drug-likeness (QED) is 0.763. The number of aromatic nitrogens is 4. The first-order valence-electron chi connectivity index (χ1n) is 8.59. The van der Waals surface area contributed by atoms with Crippen LogP contribution >= 0.6 is 0 Å². The van der Waals surface area contributed by atoms with E-state index in [1.165, 1.54) is 0 Å². The summed E-state index contributed by atoms with van der Waals surface area (Å²) >= 11 is 0. The van der Waals surface area contributed by atoms with Crippen molar-refractivity contribution in [2.24, 2.45) is 0 Å². The molecule has 2 aromatic heterocycles. The van der Waals surface area contributed by atoms with E-state index < -0.39 is 0 Å². The maximum atomic E-state index is 4.65. The van der Waals surface area contributed by atoms with Crippen molar-refractivity contribution in [1.29, 1.82) is 0 Å². The van der Waals surface area contributed by atoms with Gasteiger partial charge in [0.05, 0.1) is 11.2 Å². The summed E-state index contributed by atoms with van der Waals surface area (Å²) in [5.74, 6) is 0.653. The molecule has 7 heteroatoms. The summed E-state index contributed by atoms with van der Waals surface area (Å²) in [5.41, 5.74) is 8.64. The first-order chi connectivity index (χ1) is 12.1. The zero-order valence-electron chi connectivity index (χ0n) is 14.9. The minimum absolute atomic E-state index is 0.653. The maximum absolute atomic E-state index is 4.65. The fraction of sp³-hybridized carbons (Fsp3) is 0.389. The summed E-state index contributed by atoms with van der Waals surface area (Å²) < 4.78 is 0. The molecule has 1 aromatic carbocycles. The minimum Gasteiger partial charge on any atom is -0.304 e. The van der Waals surface area contributed by atoms with Gasteiger partial charge in [0.1, 0.15) is 0 Å². The third-order valence-electron chi connectivity index (χ3n) is 4.76. The van der Waals surface area contributed by atoms with Crippen LogP contribution in [0.1, 0.15) is 11.4 Å². The molecule has 2 N–H and O–H groups in total. The molecule has 7 nitrogen and oxygen atoms in total. The summed E-state index contributed by atoms with van der Waals surface area (Å²) in [5, 5.41) is 10.5. The van der Waals surface area contributed by atoms with Crippen LogP contribution in [0.4, 0.5) is 5.95 Å². The number of nitrogens with zero attached hydrogens (tertiary/aromatic N) is 5. The Morgan fingerprint density at radius 3 is 2.64 bits per heavy atom. The first-order valence-corrected chi connectivity index (χ1v) is 8.59. The van der Waals surface area contributed by atoms with Crippen LogP contribution in [0.25, 0.3) is 22.0 Å². The molecule has 1 fully saturated rings. The second-order valence-electron chi connectivity index (χ2n) is 6.68. The van der Waals surface area contributed by atoms with Crippen molar-refractivity contribution < 1.29 is 0 Å². The third kappa shape index (κ3) is 3.20. The van der Waals surface area contributed by atoms with Gasteiger partial charge < -0.3 is 4.90 Å². The number of rotatable bonds is 3. The van der Waals surface area contributed by atoms with Crippen molar-refractivity contribution in [2.45, 2.75) is 13.8 Å². The fourth-order valence-electron chi connectivity index (χ4n) is 3.28. The molecular weight excluding hydrogens is 314 g/mol. The molecular formula is C18H23N7. The summed E-state index contributed by atoms with van der Waals surface area (Å²) in [6.07, 6.45) is 1.88. The van der Waals surface area contributed by atoms with Crippen LogP contribution in [-0.2, 0) is 0 Å². The zero-order chi connectivity index (χ0) is 17.4. The van der Waals surface area contributed by atoms with Gasteiger partial charge >= 0.3 is 0 Å². The highest BCUT2D eigenvalue weighted by atomic mass is 15.5. The number of hydrogen-bond acceptors (Lipinski definition) is 6. The monoisotopic (exact) mass is 337 g/mol. The number of piperazine rings is 1. The predicted molar refractivity (Wildman–Crippen MR) is 99.3 cm³/mol. The Labute approximate surface area is 147 Å². The first kappa shape index (κ1) is 16.0. The average molecular weight is 337 g/mol. The molecule has 0 saturated carbocycles. The van der Waals surface area contributed by atoms with E-state index in [0.29, 0.717) is 5.95 Å². The minimum atomic E-state index is 0.653. The molecule has 0 radical (unpaired) electrons. The van der Waals surface area contributed by atoms with Crippen LogP contribution in [-0.4, -0.2) is 63.3 Å². The summed E-state index contributed by atoms with van der Waals surface area (Å²) in [4.78, 5) is 11.5. The van der Waals surface area contributed by atoms with E-state index in [9.17, 15) is 0 Å². The maximum Gasteiger partial charge on any atom is 0.238 e. The standard InChI is InChI=1S/C18H23N7/c1-12-17(13(2)22-21-12)14-4-5-16-15(10-14)11-19-18(20-16)23-25-8-6-24(3)7-9-25/h4-5,10-11H,6-9H2,1-3H3,(H,21,22)(H,19,20,23). The van der Waals surface area contributed by atoms with Crippen LogP contribution in [0.3, 0.4) is 0 Å². The lowest BCUT2D eigenvalue weighted by molar-refractivity contribution is 0.178. The topological polar surface area (TPSA) is 73.0 Å². The number of anilines is 1. The van der Waals surface area contributed by atoms with Crippen LogP contribution in [0.5, 0.6) is 0 Å². The third-order valence-corrected chi connectivity index (χ3v) is 4.76. The van der Waals surface area contributed by atoms with Gasteiger partial charge in [-0.15, -0.1) is 0 Å². The Hall–Kier alpha value is -2.51. The lowest BCUT2D eigenvalue weighted by atomic mass is 10.0. The van der Waals surface area contributed by atoms with E-state index in [1.807, 2.05) is 26.1 Å². The second kappa shape index (κ2) is 6.42. The summed E-state index contributed by atoms with van der Waals surface area (Å²) in [6.45, 7) is 8.09. The van der Waals surface area contributed by atoms with Crippen LogP contribution in [0.15, 0.2) is 24.4 Å². The molecule has 1 saturated heterocycles. The number of aromatic amines is 1. The number of likely N-dealkylation sites (N-methyl/N-ethyl adjacent to an activating group) is 1. The van der Waals surface area contributed by atoms with Crippen LogP contribution in [0.2, 0.25) is 0 Å². The van der Waals surface area contributed by atoms with Crippen molar-refractivity contribution in [3.8, 4) is 11.1 Å². The van der Waals surface area contributed by atoms with Crippen LogP contribution < -0.4 is 5.43 Å². The van der Waals surface area contributed by atoms with Crippen molar-refractivity contribution in [1.82, 2.24) is 30.1 Å². The van der Waals surface area contributed by atoms with Gasteiger partial charge in [-0.25, -0.2) is 15.0 Å². The Bertz CT molecular complexity index is 874. The number of nitrogens with one attached hydrogen (secondary N) is 2. The number of fused-ring (bicyclic) bond motifs is 1. The molecule has 25 heavy (non-hydrogen) atoms. The Balaban J connectivity index is 1.59. The van der Waals surface area contributed by atoms with Crippen molar-refractivity contribution in [2.75, 3.05) is 38.7 Å². The van der Waals surface area contributed by atoms with E-state index >= 15 is 0 Å². The van der Waals surface area contributed by atoms with Gasteiger partial charge in [0.15, 0.2) is 0 Å². The highest BCUT2D eigenvalue weighted by Gasteiger charge is 2.15. The molecule has 3 heterocycles. The predicted octanol–water partition coefficient (Wildman–Crippen LogP) is 2.21. The highest BCUT2D eigenvalue weighted by molar-refractivity contribution is 5.85. The lowest BCUT2D eigenvalue weighted by Crippen LogP contribution is -2.47. The van der Waals surface area contributed by atoms with Crippen LogP contribution in [0, 0.1) is 13.8 Å². The number of aryl methyl sites for hydroxylation is 2. The highest BCUT2D eigenvalue weighted by Crippen LogP contribution is 2.28. The molecule has 0 aliphatic carbocycles. The normalized spacial score (nSPS) is 16.4. The Morgan fingerprint density at radius 2 is 1.92 bits per heavy atom. The number of benzene rings is 1. The SMILES string of the molecule is Cc1n[nH]c(C)c1-c1ccc2nc(NN3CCN(C)CC3)ncc2c1. The smallest absolute Gasteiger partial charge is 0.238 e. The second-order valence-corrected chi connectivity index (χ2v) is 6.68. The Morgan fingerprint density at radius 1 is 1.12 bits per heavy atom. The molecule has 0 bridgehead atoms. The molecule has 0 amide bonds. The van der Waals surface area contributed by atoms with E-state index in [-0.39, 0.29) is 0 Å². The molecule has 1 aliphatic rings. The van der Waals surface area contributed by atoms with Gasteiger partial charge in [-0.3, -0.25) is 10.5 Å². The molecule has 4 rings (SSSR count). The molecule has 0 atom stereocenters. The fourth-order valence-corrected chi connectivity index (χ4v) is 3.28.